The molecule has 1 aliphatic heterocycles. The predicted molar refractivity (Wildman–Crippen MR) is 93.3 cm³/mol. The van der Waals surface area contributed by atoms with Crippen LogP contribution in [0.1, 0.15) is 39.9 Å². The standard InChI is InChI=1S/C20H24N2O/c1-16-8-2-5-11-19(16)20(23)21-14-17-9-3-4-10-18(17)15-22-12-6-7-13-22/h2-5,8-11H,6-7,12-15H2,1H3,(H,21,23). The zero-order valence-electron chi connectivity index (χ0n) is 13.7. The van der Waals surface area contributed by atoms with Gasteiger partial charge in [-0.05, 0) is 55.6 Å². The molecule has 2 aromatic carbocycles. The third-order valence-corrected chi connectivity index (χ3v) is 4.54. The molecule has 0 atom stereocenters. The minimum Gasteiger partial charge on any atom is -0.348 e. The summed E-state index contributed by atoms with van der Waals surface area (Å²) in [6, 6.07) is 16.1. The fraction of sp³-hybridized carbons (Fsp3) is 0.350. The van der Waals surface area contributed by atoms with Crippen LogP contribution in [0.25, 0.3) is 0 Å². The van der Waals surface area contributed by atoms with Gasteiger partial charge >= 0.3 is 0 Å². The van der Waals surface area contributed by atoms with Crippen LogP contribution >= 0.6 is 0 Å². The summed E-state index contributed by atoms with van der Waals surface area (Å²) >= 11 is 0. The average Bonchev–Trinajstić information content (AvgIpc) is 3.07. The number of benzene rings is 2. The minimum absolute atomic E-state index is 0.000856. The van der Waals surface area contributed by atoms with E-state index in [1.54, 1.807) is 0 Å². The first-order valence-corrected chi connectivity index (χ1v) is 8.37. The zero-order valence-corrected chi connectivity index (χ0v) is 13.7. The largest absolute Gasteiger partial charge is 0.348 e. The Morgan fingerprint density at radius 3 is 2.39 bits per heavy atom. The van der Waals surface area contributed by atoms with Crippen LogP contribution in [-0.2, 0) is 13.1 Å². The fourth-order valence-corrected chi connectivity index (χ4v) is 3.16. The second-order valence-corrected chi connectivity index (χ2v) is 6.25. The summed E-state index contributed by atoms with van der Waals surface area (Å²) in [5.41, 5.74) is 4.29. The van der Waals surface area contributed by atoms with Gasteiger partial charge in [-0.1, -0.05) is 42.5 Å². The molecule has 3 nitrogen and oxygen atoms in total. The van der Waals surface area contributed by atoms with Crippen molar-refractivity contribution in [2.24, 2.45) is 0 Å². The number of amides is 1. The average molecular weight is 308 g/mol. The molecule has 23 heavy (non-hydrogen) atoms. The second kappa shape index (κ2) is 7.42. The molecule has 1 amide bonds. The number of nitrogens with zero attached hydrogens (tertiary/aromatic N) is 1. The lowest BCUT2D eigenvalue weighted by molar-refractivity contribution is 0.0950. The molecule has 0 aromatic heterocycles. The van der Waals surface area contributed by atoms with Crippen LogP contribution < -0.4 is 5.32 Å². The summed E-state index contributed by atoms with van der Waals surface area (Å²) in [4.78, 5) is 14.9. The van der Waals surface area contributed by atoms with Crippen molar-refractivity contribution in [1.82, 2.24) is 10.2 Å². The van der Waals surface area contributed by atoms with E-state index in [2.05, 4.69) is 28.4 Å². The molecule has 0 radical (unpaired) electrons. The van der Waals surface area contributed by atoms with Crippen LogP contribution in [0.15, 0.2) is 48.5 Å². The van der Waals surface area contributed by atoms with E-state index in [0.717, 1.165) is 17.7 Å². The zero-order chi connectivity index (χ0) is 16.1. The Kier molecular flexibility index (Phi) is 5.09. The summed E-state index contributed by atoms with van der Waals surface area (Å²) in [7, 11) is 0. The van der Waals surface area contributed by atoms with Crippen molar-refractivity contribution >= 4 is 5.91 Å². The van der Waals surface area contributed by atoms with Gasteiger partial charge in [0.05, 0.1) is 0 Å². The lowest BCUT2D eigenvalue weighted by Crippen LogP contribution is -2.25. The Morgan fingerprint density at radius 2 is 1.65 bits per heavy atom. The van der Waals surface area contributed by atoms with Crippen molar-refractivity contribution in [3.8, 4) is 0 Å². The van der Waals surface area contributed by atoms with E-state index in [1.807, 2.05) is 37.3 Å². The normalized spacial score (nSPS) is 14.8. The monoisotopic (exact) mass is 308 g/mol. The molecule has 0 unspecified atom stereocenters. The SMILES string of the molecule is Cc1ccccc1C(=O)NCc1ccccc1CN1CCCC1. The van der Waals surface area contributed by atoms with Gasteiger partial charge in [0.1, 0.15) is 0 Å². The highest BCUT2D eigenvalue weighted by atomic mass is 16.1. The first-order chi connectivity index (χ1) is 11.2. The molecule has 0 bridgehead atoms. The van der Waals surface area contributed by atoms with E-state index in [-0.39, 0.29) is 5.91 Å². The van der Waals surface area contributed by atoms with E-state index >= 15 is 0 Å². The molecule has 0 aliphatic carbocycles. The fourth-order valence-electron chi connectivity index (χ4n) is 3.16. The Labute approximate surface area is 138 Å². The van der Waals surface area contributed by atoms with E-state index in [9.17, 15) is 4.79 Å². The maximum atomic E-state index is 12.4. The number of hydrogen-bond donors (Lipinski definition) is 1. The number of rotatable bonds is 5. The summed E-state index contributed by atoms with van der Waals surface area (Å²) in [6.45, 7) is 5.90. The van der Waals surface area contributed by atoms with Crippen molar-refractivity contribution in [2.75, 3.05) is 13.1 Å². The first kappa shape index (κ1) is 15.8. The Hall–Kier alpha value is -2.13. The van der Waals surface area contributed by atoms with Crippen LogP contribution in [0.3, 0.4) is 0 Å². The highest BCUT2D eigenvalue weighted by Crippen LogP contribution is 2.16. The van der Waals surface area contributed by atoms with Gasteiger partial charge in [0.15, 0.2) is 0 Å². The van der Waals surface area contributed by atoms with Gasteiger partial charge in [0, 0.05) is 18.7 Å². The third-order valence-electron chi connectivity index (χ3n) is 4.54. The Balaban J connectivity index is 1.66. The number of likely N-dealkylation sites (tertiary alicyclic amines) is 1. The molecule has 1 heterocycles. The number of hydrogen-bond acceptors (Lipinski definition) is 2. The molecule has 3 rings (SSSR count). The van der Waals surface area contributed by atoms with E-state index in [1.165, 1.54) is 37.1 Å². The molecule has 120 valence electrons. The van der Waals surface area contributed by atoms with Crippen LogP contribution in [0.2, 0.25) is 0 Å². The van der Waals surface area contributed by atoms with Crippen molar-refractivity contribution < 1.29 is 4.79 Å². The molecule has 1 aliphatic rings. The van der Waals surface area contributed by atoms with Gasteiger partial charge in [-0.3, -0.25) is 9.69 Å². The lowest BCUT2D eigenvalue weighted by Gasteiger charge is -2.18. The van der Waals surface area contributed by atoms with Crippen molar-refractivity contribution in [3.63, 3.8) is 0 Å². The quantitative estimate of drug-likeness (QED) is 0.916. The third kappa shape index (κ3) is 3.99. The summed E-state index contributed by atoms with van der Waals surface area (Å²) in [5, 5.41) is 3.06. The molecular weight excluding hydrogens is 284 g/mol. The molecule has 2 aromatic rings. The highest BCUT2D eigenvalue weighted by molar-refractivity contribution is 5.95. The molecule has 1 N–H and O–H groups in total. The number of carbonyl (C=O) groups excluding carboxylic acids is 1. The van der Waals surface area contributed by atoms with Crippen molar-refractivity contribution in [2.45, 2.75) is 32.9 Å². The van der Waals surface area contributed by atoms with Crippen LogP contribution in [0.4, 0.5) is 0 Å². The minimum atomic E-state index is -0.000856. The van der Waals surface area contributed by atoms with Gasteiger partial charge in [0.2, 0.25) is 0 Å². The van der Waals surface area contributed by atoms with Gasteiger partial charge in [-0.15, -0.1) is 0 Å². The molecule has 1 saturated heterocycles. The molecule has 0 spiro atoms. The molecule has 0 saturated carbocycles. The van der Waals surface area contributed by atoms with E-state index in [4.69, 9.17) is 0 Å². The summed E-state index contributed by atoms with van der Waals surface area (Å²) in [6.07, 6.45) is 2.60. The predicted octanol–water partition coefficient (Wildman–Crippen LogP) is 3.52. The van der Waals surface area contributed by atoms with Crippen LogP contribution in [0, 0.1) is 6.92 Å². The topological polar surface area (TPSA) is 32.3 Å². The van der Waals surface area contributed by atoms with Gasteiger partial charge < -0.3 is 5.32 Å². The van der Waals surface area contributed by atoms with E-state index in [0.29, 0.717) is 6.54 Å². The lowest BCUT2D eigenvalue weighted by atomic mass is 10.1. The number of carbonyl (C=O) groups is 1. The summed E-state index contributed by atoms with van der Waals surface area (Å²) < 4.78 is 0. The van der Waals surface area contributed by atoms with Gasteiger partial charge in [-0.25, -0.2) is 0 Å². The Morgan fingerprint density at radius 1 is 1.00 bits per heavy atom. The van der Waals surface area contributed by atoms with E-state index < -0.39 is 0 Å². The highest BCUT2D eigenvalue weighted by Gasteiger charge is 2.14. The molecule has 1 fully saturated rings. The maximum absolute atomic E-state index is 12.4. The van der Waals surface area contributed by atoms with Crippen molar-refractivity contribution in [1.29, 1.82) is 0 Å². The molecule has 3 heteroatoms. The smallest absolute Gasteiger partial charge is 0.251 e. The van der Waals surface area contributed by atoms with Gasteiger partial charge in [0.25, 0.3) is 5.91 Å². The van der Waals surface area contributed by atoms with Gasteiger partial charge in [-0.2, -0.15) is 0 Å². The Bertz CT molecular complexity index is 675. The second-order valence-electron chi connectivity index (χ2n) is 6.25. The summed E-state index contributed by atoms with van der Waals surface area (Å²) in [5.74, 6) is -0.000856. The van der Waals surface area contributed by atoms with Crippen LogP contribution in [0.5, 0.6) is 0 Å². The number of nitrogens with one attached hydrogen (secondary N) is 1. The number of aryl methyl sites for hydroxylation is 1. The molecular formula is C20H24N2O. The maximum Gasteiger partial charge on any atom is 0.251 e. The van der Waals surface area contributed by atoms with Crippen molar-refractivity contribution in [3.05, 3.63) is 70.8 Å². The first-order valence-electron chi connectivity index (χ1n) is 8.37. The van der Waals surface area contributed by atoms with Crippen LogP contribution in [-0.4, -0.2) is 23.9 Å².